The molecule has 10 heteroatoms. The number of aryl methyl sites for hydroxylation is 1. The van der Waals surface area contributed by atoms with E-state index >= 15 is 0 Å². The van der Waals surface area contributed by atoms with Gasteiger partial charge in [-0.3, -0.25) is 0 Å². The predicted molar refractivity (Wildman–Crippen MR) is 137 cm³/mol. The van der Waals surface area contributed by atoms with Gasteiger partial charge in [-0.1, -0.05) is 73.8 Å². The summed E-state index contributed by atoms with van der Waals surface area (Å²) in [7, 11) is -3.94. The number of hydrogen-bond donors (Lipinski definition) is 2. The zero-order chi connectivity index (χ0) is 23.4. The molecular weight excluding hydrogens is 570 g/mol. The van der Waals surface area contributed by atoms with Crippen LogP contribution in [0.2, 0.25) is 0 Å². The van der Waals surface area contributed by atoms with Gasteiger partial charge in [0.05, 0.1) is 4.90 Å². The van der Waals surface area contributed by atoms with E-state index in [2.05, 4.69) is 52.6 Å². The van der Waals surface area contributed by atoms with Crippen molar-refractivity contribution in [2.24, 2.45) is 0 Å². The first-order chi connectivity index (χ1) is 15.8. The van der Waals surface area contributed by atoms with Gasteiger partial charge < -0.3 is 10.6 Å². The van der Waals surface area contributed by atoms with Crippen LogP contribution in [-0.4, -0.2) is 22.6 Å². The third kappa shape index (κ3) is 5.82. The molecule has 0 spiro atoms. The van der Waals surface area contributed by atoms with Crippen molar-refractivity contribution in [3.05, 3.63) is 98.4 Å². The van der Waals surface area contributed by atoms with Crippen LogP contribution in [0.3, 0.4) is 0 Å². The molecule has 4 rings (SSSR count). The Kier molecular flexibility index (Phi) is 7.16. The van der Waals surface area contributed by atoms with E-state index in [0.717, 1.165) is 29.7 Å². The summed E-state index contributed by atoms with van der Waals surface area (Å²) in [5, 5.41) is 10.5. The molecule has 0 bridgehead atoms. The topological polar surface area (TPSA) is 88.9 Å². The summed E-state index contributed by atoms with van der Waals surface area (Å²) in [6.07, 6.45) is 0. The molecule has 0 radical (unpaired) electrons. The van der Waals surface area contributed by atoms with Gasteiger partial charge in [-0.05, 0) is 54.4 Å². The van der Waals surface area contributed by atoms with Gasteiger partial charge in [0.15, 0.2) is 0 Å². The lowest BCUT2D eigenvalue weighted by Crippen LogP contribution is -2.18. The van der Waals surface area contributed by atoms with Crippen LogP contribution in [0.1, 0.15) is 16.7 Å². The van der Waals surface area contributed by atoms with Gasteiger partial charge in [0, 0.05) is 22.0 Å². The van der Waals surface area contributed by atoms with E-state index in [-0.39, 0.29) is 16.8 Å². The molecule has 0 atom stereocenters. The van der Waals surface area contributed by atoms with E-state index in [1.807, 2.05) is 55.5 Å². The number of nitrogens with zero attached hydrogens (tertiary/aromatic N) is 3. The number of benzene rings is 3. The second kappa shape index (κ2) is 10.1. The smallest absolute Gasteiger partial charge is 0.286 e. The molecule has 1 aromatic heterocycles. The Morgan fingerprint density at radius 2 is 1.42 bits per heavy atom. The molecule has 0 amide bonds. The third-order valence-corrected chi connectivity index (χ3v) is 7.37. The maximum Gasteiger partial charge on any atom is 0.286 e. The van der Waals surface area contributed by atoms with Crippen molar-refractivity contribution >= 4 is 53.8 Å². The second-order valence-corrected chi connectivity index (χ2v) is 11.0. The number of hydrogen-bond acceptors (Lipinski definition) is 6. The third-order valence-electron chi connectivity index (χ3n) is 4.80. The SMILES string of the molecule is Cc1ccc(S(=O)(=O)n2nc(NCc3cccc(Br)c3)nc2NCc2cccc(Br)c2)cc1. The Morgan fingerprint density at radius 1 is 0.848 bits per heavy atom. The number of anilines is 2. The minimum atomic E-state index is -3.94. The molecule has 0 aliphatic carbocycles. The summed E-state index contributed by atoms with van der Waals surface area (Å²) < 4.78 is 29.5. The molecule has 0 unspecified atom stereocenters. The Morgan fingerprint density at radius 3 is 2.00 bits per heavy atom. The van der Waals surface area contributed by atoms with Gasteiger partial charge in [-0.2, -0.15) is 13.4 Å². The highest BCUT2D eigenvalue weighted by atomic mass is 79.9. The normalized spacial score (nSPS) is 11.4. The van der Waals surface area contributed by atoms with E-state index in [1.165, 1.54) is 0 Å². The average Bonchev–Trinajstić information content (AvgIpc) is 3.21. The maximum absolute atomic E-state index is 13.3. The fourth-order valence-corrected chi connectivity index (χ4v) is 5.21. The Labute approximate surface area is 209 Å². The minimum absolute atomic E-state index is 0.132. The van der Waals surface area contributed by atoms with Crippen LogP contribution in [0.15, 0.2) is 86.6 Å². The zero-order valence-electron chi connectivity index (χ0n) is 17.7. The van der Waals surface area contributed by atoms with Crippen molar-refractivity contribution in [3.8, 4) is 0 Å². The molecule has 0 aliphatic rings. The van der Waals surface area contributed by atoms with Crippen molar-refractivity contribution in [3.63, 3.8) is 0 Å². The predicted octanol–water partition coefficient (Wildman–Crippen LogP) is 5.57. The van der Waals surface area contributed by atoms with E-state index in [4.69, 9.17) is 0 Å². The van der Waals surface area contributed by atoms with Crippen molar-refractivity contribution in [1.29, 1.82) is 0 Å². The van der Waals surface area contributed by atoms with E-state index in [9.17, 15) is 8.42 Å². The molecule has 4 aromatic rings. The lowest BCUT2D eigenvalue weighted by molar-refractivity contribution is 0.580. The Hall–Kier alpha value is -2.69. The fourth-order valence-electron chi connectivity index (χ4n) is 3.11. The maximum atomic E-state index is 13.3. The van der Waals surface area contributed by atoms with Gasteiger partial charge in [0.1, 0.15) is 0 Å². The molecule has 7 nitrogen and oxygen atoms in total. The molecule has 33 heavy (non-hydrogen) atoms. The highest BCUT2D eigenvalue weighted by Crippen LogP contribution is 2.21. The van der Waals surface area contributed by atoms with Crippen molar-refractivity contribution in [2.45, 2.75) is 24.9 Å². The van der Waals surface area contributed by atoms with Crippen LogP contribution < -0.4 is 10.6 Å². The minimum Gasteiger partial charge on any atom is -0.349 e. The summed E-state index contributed by atoms with van der Waals surface area (Å²) >= 11 is 6.91. The van der Waals surface area contributed by atoms with Gasteiger partial charge in [-0.15, -0.1) is 9.19 Å². The number of rotatable bonds is 8. The molecule has 3 aromatic carbocycles. The molecule has 0 fully saturated rings. The van der Waals surface area contributed by atoms with Gasteiger partial charge in [0.2, 0.25) is 11.9 Å². The molecule has 0 aliphatic heterocycles. The van der Waals surface area contributed by atoms with E-state index in [0.29, 0.717) is 13.1 Å². The first-order valence-electron chi connectivity index (χ1n) is 10.1. The Balaban J connectivity index is 1.64. The molecule has 0 saturated carbocycles. The molecule has 1 heterocycles. The number of aromatic nitrogens is 3. The highest BCUT2D eigenvalue weighted by Gasteiger charge is 2.24. The van der Waals surface area contributed by atoms with Crippen molar-refractivity contribution in [2.75, 3.05) is 10.6 Å². The Bertz CT molecular complexity index is 1370. The lowest BCUT2D eigenvalue weighted by atomic mass is 10.2. The summed E-state index contributed by atoms with van der Waals surface area (Å²) in [4.78, 5) is 4.56. The summed E-state index contributed by atoms with van der Waals surface area (Å²) in [5.41, 5.74) is 2.94. The summed E-state index contributed by atoms with van der Waals surface area (Å²) in [6.45, 7) is 2.73. The zero-order valence-corrected chi connectivity index (χ0v) is 21.7. The van der Waals surface area contributed by atoms with Gasteiger partial charge in [-0.25, -0.2) is 0 Å². The quantitative estimate of drug-likeness (QED) is 0.279. The van der Waals surface area contributed by atoms with Crippen molar-refractivity contribution in [1.82, 2.24) is 14.2 Å². The molecule has 0 saturated heterocycles. The van der Waals surface area contributed by atoms with Crippen LogP contribution in [-0.2, 0) is 23.1 Å². The number of nitrogens with one attached hydrogen (secondary N) is 2. The number of halogens is 2. The van der Waals surface area contributed by atoms with E-state index in [1.54, 1.807) is 24.3 Å². The monoisotopic (exact) mass is 589 g/mol. The van der Waals surface area contributed by atoms with Gasteiger partial charge in [0.25, 0.3) is 10.0 Å². The summed E-state index contributed by atoms with van der Waals surface area (Å²) in [5.74, 6) is 0.342. The molecule has 2 N–H and O–H groups in total. The first-order valence-corrected chi connectivity index (χ1v) is 13.1. The standard InChI is InChI=1S/C23H21Br2N5O2S/c1-16-8-10-21(11-9-16)33(31,32)30-23(27-15-18-5-3-7-20(25)13-18)28-22(29-30)26-14-17-4-2-6-19(24)12-17/h2-13H,14-15H2,1H3,(H2,26,27,28,29). The second-order valence-electron chi connectivity index (χ2n) is 7.39. The van der Waals surface area contributed by atoms with Gasteiger partial charge >= 0.3 is 0 Å². The van der Waals surface area contributed by atoms with Crippen LogP contribution in [0.4, 0.5) is 11.9 Å². The molecular formula is C23H21Br2N5O2S. The average molecular weight is 591 g/mol. The highest BCUT2D eigenvalue weighted by molar-refractivity contribution is 9.10. The van der Waals surface area contributed by atoms with E-state index < -0.39 is 10.0 Å². The lowest BCUT2D eigenvalue weighted by Gasteiger charge is -2.09. The fraction of sp³-hybridized carbons (Fsp3) is 0.130. The molecule has 170 valence electrons. The van der Waals surface area contributed by atoms with Crippen LogP contribution in [0, 0.1) is 6.92 Å². The van der Waals surface area contributed by atoms with Crippen LogP contribution in [0.25, 0.3) is 0 Å². The van der Waals surface area contributed by atoms with Crippen molar-refractivity contribution < 1.29 is 8.42 Å². The largest absolute Gasteiger partial charge is 0.349 e. The first kappa shape index (κ1) is 23.5. The van der Waals surface area contributed by atoms with Crippen LogP contribution in [0.5, 0.6) is 0 Å². The summed E-state index contributed by atoms with van der Waals surface area (Å²) in [6, 6.07) is 22.2. The van der Waals surface area contributed by atoms with Crippen LogP contribution >= 0.6 is 31.9 Å².